The Morgan fingerprint density at radius 2 is 1.67 bits per heavy atom. The molecule has 0 aliphatic rings. The Labute approximate surface area is 167 Å². The maximum absolute atomic E-state index is 12.1. The van der Waals surface area contributed by atoms with Crippen LogP contribution in [-0.4, -0.2) is 20.1 Å². The van der Waals surface area contributed by atoms with E-state index in [0.29, 0.717) is 36.3 Å². The molecule has 0 radical (unpaired) electrons. The van der Waals surface area contributed by atoms with Crippen molar-refractivity contribution < 1.29 is 13.2 Å². The van der Waals surface area contributed by atoms with Crippen molar-refractivity contribution in [3.05, 3.63) is 54.1 Å². The van der Waals surface area contributed by atoms with Gasteiger partial charge in [0.05, 0.1) is 5.75 Å². The first-order valence-electron chi connectivity index (χ1n) is 8.63. The number of amides is 1. The van der Waals surface area contributed by atoms with Crippen molar-refractivity contribution >= 4 is 45.4 Å². The number of nitrogens with two attached hydrogens (primary N) is 1. The summed E-state index contributed by atoms with van der Waals surface area (Å²) in [6, 6.07) is 14.1. The first-order valence-corrected chi connectivity index (χ1v) is 10.3. The molecule has 0 saturated carbocycles. The fraction of sp³-hybridized carbons (Fsp3) is 0.316. The number of para-hydroxylation sites is 1. The SMILES string of the molecule is CCCCS(=O)(=O)Nc1ccc(NC(=O)CCc2ccccc2N)cc1.Cl. The maximum Gasteiger partial charge on any atom is 0.232 e. The van der Waals surface area contributed by atoms with E-state index >= 15 is 0 Å². The number of nitrogens with one attached hydrogen (secondary N) is 2. The standard InChI is InChI=1S/C19H25N3O3S.ClH/c1-2-3-14-26(24,25)22-17-11-9-16(10-12-17)21-19(23)13-8-15-6-4-5-7-18(15)20;/h4-7,9-12,22H,2-3,8,13-14,20H2,1H3,(H,21,23);1H. The molecule has 0 aliphatic heterocycles. The molecule has 148 valence electrons. The second-order valence-electron chi connectivity index (χ2n) is 6.10. The number of anilines is 3. The normalized spacial score (nSPS) is 10.7. The molecule has 0 spiro atoms. The zero-order chi connectivity index (χ0) is 19.0. The number of hydrogen-bond acceptors (Lipinski definition) is 4. The highest BCUT2D eigenvalue weighted by Gasteiger charge is 2.10. The maximum atomic E-state index is 12.1. The van der Waals surface area contributed by atoms with Crippen molar-refractivity contribution in [3.8, 4) is 0 Å². The number of carbonyl (C=O) groups excluding carboxylic acids is 1. The Morgan fingerprint density at radius 1 is 1.04 bits per heavy atom. The van der Waals surface area contributed by atoms with Crippen LogP contribution in [0.5, 0.6) is 0 Å². The van der Waals surface area contributed by atoms with E-state index in [1.54, 1.807) is 24.3 Å². The third-order valence-electron chi connectivity index (χ3n) is 3.89. The Kier molecular flexibility index (Phi) is 9.11. The molecule has 0 unspecified atom stereocenters. The van der Waals surface area contributed by atoms with Gasteiger partial charge in [-0.15, -0.1) is 12.4 Å². The van der Waals surface area contributed by atoms with Crippen LogP contribution < -0.4 is 15.8 Å². The minimum absolute atomic E-state index is 0. The number of hydrogen-bond donors (Lipinski definition) is 3. The van der Waals surface area contributed by atoms with Gasteiger partial charge < -0.3 is 11.1 Å². The van der Waals surface area contributed by atoms with E-state index in [0.717, 1.165) is 12.0 Å². The molecule has 2 rings (SSSR count). The van der Waals surface area contributed by atoms with Gasteiger partial charge in [0, 0.05) is 23.5 Å². The van der Waals surface area contributed by atoms with E-state index in [-0.39, 0.29) is 24.1 Å². The molecule has 0 atom stereocenters. The fourth-order valence-electron chi connectivity index (χ4n) is 2.42. The van der Waals surface area contributed by atoms with Gasteiger partial charge in [0.25, 0.3) is 0 Å². The Hall–Kier alpha value is -2.25. The summed E-state index contributed by atoms with van der Waals surface area (Å²) in [4.78, 5) is 12.1. The van der Waals surface area contributed by atoms with E-state index in [1.807, 2.05) is 31.2 Å². The summed E-state index contributed by atoms with van der Waals surface area (Å²) in [6.07, 6.45) is 2.32. The molecule has 0 heterocycles. The van der Waals surface area contributed by atoms with Crippen LogP contribution in [-0.2, 0) is 21.2 Å². The zero-order valence-electron chi connectivity index (χ0n) is 15.3. The van der Waals surface area contributed by atoms with Crippen LogP contribution in [0.3, 0.4) is 0 Å². The number of carbonyl (C=O) groups is 1. The molecule has 6 nitrogen and oxygen atoms in total. The fourth-order valence-corrected chi connectivity index (χ4v) is 3.69. The van der Waals surface area contributed by atoms with Crippen LogP contribution in [0.4, 0.5) is 17.1 Å². The summed E-state index contributed by atoms with van der Waals surface area (Å²) < 4.78 is 26.3. The summed E-state index contributed by atoms with van der Waals surface area (Å²) in [5.74, 6) is -0.0190. The average Bonchev–Trinajstić information content (AvgIpc) is 2.61. The summed E-state index contributed by atoms with van der Waals surface area (Å²) >= 11 is 0. The van der Waals surface area contributed by atoms with Gasteiger partial charge >= 0.3 is 0 Å². The zero-order valence-corrected chi connectivity index (χ0v) is 16.9. The lowest BCUT2D eigenvalue weighted by atomic mass is 10.1. The van der Waals surface area contributed by atoms with Gasteiger partial charge in [0.2, 0.25) is 15.9 Å². The highest BCUT2D eigenvalue weighted by atomic mass is 35.5. The minimum Gasteiger partial charge on any atom is -0.399 e. The van der Waals surface area contributed by atoms with E-state index in [1.165, 1.54) is 0 Å². The molecule has 2 aromatic rings. The largest absolute Gasteiger partial charge is 0.399 e. The number of nitrogen functional groups attached to an aromatic ring is 1. The molecular formula is C19H26ClN3O3S. The Bertz CT molecular complexity index is 840. The first-order chi connectivity index (χ1) is 12.4. The highest BCUT2D eigenvalue weighted by Crippen LogP contribution is 2.17. The van der Waals surface area contributed by atoms with Crippen LogP contribution >= 0.6 is 12.4 Å². The van der Waals surface area contributed by atoms with Crippen molar-refractivity contribution in [2.24, 2.45) is 0 Å². The van der Waals surface area contributed by atoms with Crippen molar-refractivity contribution in [1.82, 2.24) is 0 Å². The first kappa shape index (κ1) is 22.8. The van der Waals surface area contributed by atoms with Gasteiger partial charge in [-0.1, -0.05) is 31.5 Å². The smallest absolute Gasteiger partial charge is 0.232 e. The number of sulfonamides is 1. The summed E-state index contributed by atoms with van der Waals surface area (Å²) in [5, 5.41) is 2.80. The van der Waals surface area contributed by atoms with Gasteiger partial charge in [0.1, 0.15) is 0 Å². The van der Waals surface area contributed by atoms with Gasteiger partial charge in [0.15, 0.2) is 0 Å². The predicted molar refractivity (Wildman–Crippen MR) is 114 cm³/mol. The van der Waals surface area contributed by atoms with Gasteiger partial charge in [-0.2, -0.15) is 0 Å². The lowest BCUT2D eigenvalue weighted by Crippen LogP contribution is -2.16. The molecule has 0 saturated heterocycles. The predicted octanol–water partition coefficient (Wildman–Crippen LogP) is 3.80. The van der Waals surface area contributed by atoms with Crippen molar-refractivity contribution in [1.29, 1.82) is 0 Å². The van der Waals surface area contributed by atoms with Crippen LogP contribution in [0.15, 0.2) is 48.5 Å². The van der Waals surface area contributed by atoms with Gasteiger partial charge in [-0.05, 0) is 48.7 Å². The second kappa shape index (κ2) is 10.8. The summed E-state index contributed by atoms with van der Waals surface area (Å²) in [5.41, 5.74) is 8.59. The monoisotopic (exact) mass is 411 g/mol. The number of aryl methyl sites for hydroxylation is 1. The lowest BCUT2D eigenvalue weighted by molar-refractivity contribution is -0.116. The minimum atomic E-state index is -3.33. The molecule has 1 amide bonds. The Morgan fingerprint density at radius 3 is 2.30 bits per heavy atom. The Balaban J connectivity index is 0.00000364. The van der Waals surface area contributed by atoms with Gasteiger partial charge in [-0.3, -0.25) is 9.52 Å². The number of rotatable bonds is 9. The molecule has 27 heavy (non-hydrogen) atoms. The number of unbranched alkanes of at least 4 members (excludes halogenated alkanes) is 1. The third kappa shape index (κ3) is 7.88. The molecule has 8 heteroatoms. The van der Waals surface area contributed by atoms with Crippen molar-refractivity contribution in [3.63, 3.8) is 0 Å². The lowest BCUT2D eigenvalue weighted by Gasteiger charge is -2.10. The third-order valence-corrected chi connectivity index (χ3v) is 5.26. The van der Waals surface area contributed by atoms with Crippen molar-refractivity contribution in [2.45, 2.75) is 32.6 Å². The van der Waals surface area contributed by atoms with Crippen LogP contribution in [0.1, 0.15) is 31.7 Å². The topological polar surface area (TPSA) is 101 Å². The molecule has 2 aromatic carbocycles. The molecular weight excluding hydrogens is 386 g/mol. The molecule has 0 aliphatic carbocycles. The van der Waals surface area contributed by atoms with Gasteiger partial charge in [-0.25, -0.2) is 8.42 Å². The quantitative estimate of drug-likeness (QED) is 0.546. The molecule has 4 N–H and O–H groups in total. The number of halogens is 1. The van der Waals surface area contributed by atoms with Crippen LogP contribution in [0.25, 0.3) is 0 Å². The van der Waals surface area contributed by atoms with Crippen LogP contribution in [0.2, 0.25) is 0 Å². The molecule has 0 bridgehead atoms. The molecule has 0 aromatic heterocycles. The van der Waals surface area contributed by atoms with Crippen molar-refractivity contribution in [2.75, 3.05) is 21.5 Å². The van der Waals surface area contributed by atoms with E-state index in [9.17, 15) is 13.2 Å². The van der Waals surface area contributed by atoms with Crippen LogP contribution in [0, 0.1) is 0 Å². The number of benzene rings is 2. The van der Waals surface area contributed by atoms with E-state index in [2.05, 4.69) is 10.0 Å². The van der Waals surface area contributed by atoms with E-state index in [4.69, 9.17) is 5.73 Å². The molecule has 0 fully saturated rings. The second-order valence-corrected chi connectivity index (χ2v) is 7.94. The average molecular weight is 412 g/mol. The summed E-state index contributed by atoms with van der Waals surface area (Å²) in [6.45, 7) is 1.94. The van der Waals surface area contributed by atoms with E-state index < -0.39 is 10.0 Å². The summed E-state index contributed by atoms with van der Waals surface area (Å²) in [7, 11) is -3.33. The highest BCUT2D eigenvalue weighted by molar-refractivity contribution is 7.92.